The molecule has 0 aliphatic heterocycles. The number of hydrogen-bond donors (Lipinski definition) is 1. The lowest BCUT2D eigenvalue weighted by Gasteiger charge is -2.15. The van der Waals surface area contributed by atoms with Gasteiger partial charge in [0.2, 0.25) is 0 Å². The largest absolute Gasteiger partial charge is 0.379 e. The van der Waals surface area contributed by atoms with Gasteiger partial charge in [-0.2, -0.15) is 0 Å². The first-order chi connectivity index (χ1) is 8.54. The van der Waals surface area contributed by atoms with Crippen molar-refractivity contribution in [1.29, 1.82) is 0 Å². The molecule has 1 aromatic carbocycles. The summed E-state index contributed by atoms with van der Waals surface area (Å²) in [6.45, 7) is 5.21. The zero-order valence-electron chi connectivity index (χ0n) is 11.0. The van der Waals surface area contributed by atoms with E-state index in [2.05, 4.69) is 13.8 Å². The highest BCUT2D eigenvalue weighted by molar-refractivity contribution is 5.20. The minimum Gasteiger partial charge on any atom is -0.379 e. The summed E-state index contributed by atoms with van der Waals surface area (Å²) in [5, 5.41) is 0. The molecule has 0 aliphatic rings. The van der Waals surface area contributed by atoms with Crippen LogP contribution in [0.5, 0.6) is 0 Å². The lowest BCUT2D eigenvalue weighted by Crippen LogP contribution is -2.19. The summed E-state index contributed by atoms with van der Waals surface area (Å²) in [7, 11) is 0. The molecule has 0 saturated heterocycles. The van der Waals surface area contributed by atoms with E-state index >= 15 is 0 Å². The molecular formula is C14H21F2NO. The van der Waals surface area contributed by atoms with Gasteiger partial charge < -0.3 is 10.5 Å². The van der Waals surface area contributed by atoms with E-state index in [1.165, 1.54) is 6.07 Å². The first kappa shape index (κ1) is 15.1. The van der Waals surface area contributed by atoms with E-state index in [9.17, 15) is 8.78 Å². The van der Waals surface area contributed by atoms with Crippen molar-refractivity contribution in [2.45, 2.75) is 32.7 Å². The fourth-order valence-corrected chi connectivity index (χ4v) is 1.81. The first-order valence-electron chi connectivity index (χ1n) is 6.32. The van der Waals surface area contributed by atoms with E-state index in [1.807, 2.05) is 0 Å². The molecule has 0 saturated carbocycles. The maximum atomic E-state index is 13.0. The molecule has 2 N–H and O–H groups in total. The Morgan fingerprint density at radius 3 is 2.56 bits per heavy atom. The van der Waals surface area contributed by atoms with E-state index < -0.39 is 17.7 Å². The molecule has 0 amide bonds. The third-order valence-corrected chi connectivity index (χ3v) is 2.85. The summed E-state index contributed by atoms with van der Waals surface area (Å²) in [6, 6.07) is 3.28. The molecule has 1 rings (SSSR count). The van der Waals surface area contributed by atoms with E-state index in [4.69, 9.17) is 10.5 Å². The van der Waals surface area contributed by atoms with Gasteiger partial charge in [-0.15, -0.1) is 0 Å². The molecule has 0 fully saturated rings. The number of rotatable bonds is 7. The van der Waals surface area contributed by atoms with Crippen LogP contribution >= 0.6 is 0 Å². The summed E-state index contributed by atoms with van der Waals surface area (Å²) in [4.78, 5) is 0. The molecule has 0 aliphatic carbocycles. The standard InChI is InChI=1S/C14H21F2NO/c1-3-4-10(2)8-18-9-14(17)11-5-6-12(15)13(16)7-11/h5-7,10,14H,3-4,8-9,17H2,1-2H3. The third kappa shape index (κ3) is 4.70. The number of halogens is 2. The van der Waals surface area contributed by atoms with Gasteiger partial charge in [0.1, 0.15) is 0 Å². The number of benzene rings is 1. The Morgan fingerprint density at radius 2 is 1.94 bits per heavy atom. The van der Waals surface area contributed by atoms with Gasteiger partial charge in [0.25, 0.3) is 0 Å². The normalized spacial score (nSPS) is 14.5. The van der Waals surface area contributed by atoms with Crippen molar-refractivity contribution >= 4 is 0 Å². The van der Waals surface area contributed by atoms with E-state index in [1.54, 1.807) is 0 Å². The number of ether oxygens (including phenoxy) is 1. The van der Waals surface area contributed by atoms with Crippen LogP contribution in [0.15, 0.2) is 18.2 Å². The maximum Gasteiger partial charge on any atom is 0.159 e. The molecule has 1 aromatic rings. The molecule has 2 atom stereocenters. The van der Waals surface area contributed by atoms with Gasteiger partial charge in [-0.3, -0.25) is 0 Å². The van der Waals surface area contributed by atoms with Crippen LogP contribution in [0.1, 0.15) is 38.3 Å². The van der Waals surface area contributed by atoms with Crippen LogP contribution in [0.3, 0.4) is 0 Å². The van der Waals surface area contributed by atoms with Gasteiger partial charge >= 0.3 is 0 Å². The Bertz CT molecular complexity index is 371. The minimum atomic E-state index is -0.873. The molecule has 0 aromatic heterocycles. The maximum absolute atomic E-state index is 13.0. The second-order valence-electron chi connectivity index (χ2n) is 4.71. The highest BCUT2D eigenvalue weighted by Gasteiger charge is 2.10. The Labute approximate surface area is 107 Å². The average molecular weight is 257 g/mol. The summed E-state index contributed by atoms with van der Waals surface area (Å²) in [6.07, 6.45) is 2.24. The average Bonchev–Trinajstić information content (AvgIpc) is 2.33. The molecule has 0 bridgehead atoms. The fraction of sp³-hybridized carbons (Fsp3) is 0.571. The van der Waals surface area contributed by atoms with Crippen LogP contribution in [0.4, 0.5) is 8.78 Å². The smallest absolute Gasteiger partial charge is 0.159 e. The predicted octanol–water partition coefficient (Wildman–Crippen LogP) is 3.42. The molecule has 0 spiro atoms. The van der Waals surface area contributed by atoms with Gasteiger partial charge in [0.15, 0.2) is 11.6 Å². The molecule has 2 nitrogen and oxygen atoms in total. The Kier molecular flexibility index (Phi) is 6.22. The zero-order chi connectivity index (χ0) is 13.5. The fourth-order valence-electron chi connectivity index (χ4n) is 1.81. The number of nitrogens with two attached hydrogens (primary N) is 1. The van der Waals surface area contributed by atoms with Crippen molar-refractivity contribution in [1.82, 2.24) is 0 Å². The molecule has 2 unspecified atom stereocenters. The molecule has 0 radical (unpaired) electrons. The second kappa shape index (κ2) is 7.44. The SMILES string of the molecule is CCCC(C)COCC(N)c1ccc(F)c(F)c1. The molecule has 102 valence electrons. The molecular weight excluding hydrogens is 236 g/mol. The summed E-state index contributed by atoms with van der Waals surface area (Å²) >= 11 is 0. The lowest BCUT2D eigenvalue weighted by atomic mass is 10.1. The van der Waals surface area contributed by atoms with Gasteiger partial charge in [-0.05, 0) is 30.0 Å². The Hall–Kier alpha value is -1.00. The molecule has 0 heterocycles. The summed E-state index contributed by atoms with van der Waals surface area (Å²) in [5.74, 6) is -1.24. The highest BCUT2D eigenvalue weighted by Crippen LogP contribution is 2.15. The quantitative estimate of drug-likeness (QED) is 0.812. The molecule has 4 heteroatoms. The van der Waals surface area contributed by atoms with Crippen molar-refractivity contribution in [2.24, 2.45) is 11.7 Å². The lowest BCUT2D eigenvalue weighted by molar-refractivity contribution is 0.0908. The van der Waals surface area contributed by atoms with Gasteiger partial charge in [0, 0.05) is 6.61 Å². The second-order valence-corrected chi connectivity index (χ2v) is 4.71. The number of hydrogen-bond acceptors (Lipinski definition) is 2. The summed E-state index contributed by atoms with van der Waals surface area (Å²) < 4.78 is 31.3. The predicted molar refractivity (Wildman–Crippen MR) is 68.2 cm³/mol. The van der Waals surface area contributed by atoms with Crippen molar-refractivity contribution in [3.8, 4) is 0 Å². The van der Waals surface area contributed by atoms with Crippen LogP contribution in [-0.4, -0.2) is 13.2 Å². The van der Waals surface area contributed by atoms with Gasteiger partial charge in [-0.1, -0.05) is 26.3 Å². The zero-order valence-corrected chi connectivity index (χ0v) is 11.0. The van der Waals surface area contributed by atoms with E-state index in [0.29, 0.717) is 24.7 Å². The van der Waals surface area contributed by atoms with Crippen molar-refractivity contribution in [3.05, 3.63) is 35.4 Å². The summed E-state index contributed by atoms with van der Waals surface area (Å²) in [5.41, 5.74) is 6.41. The molecule has 18 heavy (non-hydrogen) atoms. The van der Waals surface area contributed by atoms with Crippen LogP contribution in [0.25, 0.3) is 0 Å². The van der Waals surface area contributed by atoms with Crippen LogP contribution in [0, 0.1) is 17.6 Å². The van der Waals surface area contributed by atoms with E-state index in [-0.39, 0.29) is 0 Å². The van der Waals surface area contributed by atoms with Gasteiger partial charge in [-0.25, -0.2) is 8.78 Å². The van der Waals surface area contributed by atoms with Crippen molar-refractivity contribution in [3.63, 3.8) is 0 Å². The topological polar surface area (TPSA) is 35.2 Å². The third-order valence-electron chi connectivity index (χ3n) is 2.85. The van der Waals surface area contributed by atoms with E-state index in [0.717, 1.165) is 25.0 Å². The minimum absolute atomic E-state index is 0.319. The monoisotopic (exact) mass is 257 g/mol. The Balaban J connectivity index is 2.40. The highest BCUT2D eigenvalue weighted by atomic mass is 19.2. The first-order valence-corrected chi connectivity index (χ1v) is 6.32. The van der Waals surface area contributed by atoms with Crippen molar-refractivity contribution < 1.29 is 13.5 Å². The van der Waals surface area contributed by atoms with Crippen LogP contribution in [-0.2, 0) is 4.74 Å². The van der Waals surface area contributed by atoms with Crippen LogP contribution < -0.4 is 5.73 Å². The van der Waals surface area contributed by atoms with Crippen molar-refractivity contribution in [2.75, 3.05) is 13.2 Å². The van der Waals surface area contributed by atoms with Gasteiger partial charge in [0.05, 0.1) is 12.6 Å². The Morgan fingerprint density at radius 1 is 1.22 bits per heavy atom. The van der Waals surface area contributed by atoms with Crippen LogP contribution in [0.2, 0.25) is 0 Å².